The summed E-state index contributed by atoms with van der Waals surface area (Å²) in [6, 6.07) is 16.4. The van der Waals surface area contributed by atoms with Gasteiger partial charge in [0.15, 0.2) is 6.61 Å². The molecule has 3 rings (SSSR count). The largest absolute Gasteiger partial charge is 0.484 e. The van der Waals surface area contributed by atoms with E-state index in [1.165, 1.54) is 29.5 Å². The standard InChI is InChI=1S/C22H19FN2O3S/c23-17-8-6-16(7-9-17)22(19-2-1-13-29-19)25-21(27)12-5-15-3-10-18(11-4-15)28-14-20(24)26/h1-13,22H,14H2,(H2,24,26)(H,25,27)/b12-5+. The van der Waals surface area contributed by atoms with Crippen LogP contribution in [0, 0.1) is 5.82 Å². The third kappa shape index (κ3) is 6.02. The van der Waals surface area contributed by atoms with Crippen LogP contribution in [0.15, 0.2) is 72.1 Å². The molecule has 0 saturated carbocycles. The van der Waals surface area contributed by atoms with E-state index in [2.05, 4.69) is 5.32 Å². The zero-order chi connectivity index (χ0) is 20.6. The van der Waals surface area contributed by atoms with Gasteiger partial charge >= 0.3 is 0 Å². The van der Waals surface area contributed by atoms with Crippen LogP contribution < -0.4 is 15.8 Å². The number of ether oxygens (including phenoxy) is 1. The molecule has 1 atom stereocenters. The Morgan fingerprint density at radius 2 is 1.83 bits per heavy atom. The van der Waals surface area contributed by atoms with Crippen molar-refractivity contribution in [1.29, 1.82) is 0 Å². The molecule has 3 N–H and O–H groups in total. The predicted molar refractivity (Wildman–Crippen MR) is 111 cm³/mol. The maximum atomic E-state index is 13.3. The van der Waals surface area contributed by atoms with Gasteiger partial charge < -0.3 is 15.8 Å². The summed E-state index contributed by atoms with van der Waals surface area (Å²) in [6.45, 7) is -0.189. The second-order valence-electron chi connectivity index (χ2n) is 6.17. The minimum Gasteiger partial charge on any atom is -0.484 e. The number of hydrogen-bond donors (Lipinski definition) is 2. The molecule has 0 radical (unpaired) electrons. The molecule has 0 aliphatic rings. The van der Waals surface area contributed by atoms with Gasteiger partial charge in [-0.2, -0.15) is 0 Å². The van der Waals surface area contributed by atoms with Crippen molar-refractivity contribution in [2.75, 3.05) is 6.61 Å². The average molecular weight is 410 g/mol. The van der Waals surface area contributed by atoms with Gasteiger partial charge in [-0.25, -0.2) is 4.39 Å². The van der Waals surface area contributed by atoms with Crippen molar-refractivity contribution in [2.24, 2.45) is 5.73 Å². The first-order valence-corrected chi connectivity index (χ1v) is 9.68. The monoisotopic (exact) mass is 410 g/mol. The quantitative estimate of drug-likeness (QED) is 0.556. The average Bonchev–Trinajstić information content (AvgIpc) is 3.25. The van der Waals surface area contributed by atoms with E-state index in [9.17, 15) is 14.0 Å². The molecule has 0 aliphatic carbocycles. The number of rotatable bonds is 8. The van der Waals surface area contributed by atoms with Gasteiger partial charge in [-0.1, -0.05) is 30.3 Å². The topological polar surface area (TPSA) is 81.4 Å². The van der Waals surface area contributed by atoms with Crippen LogP contribution >= 0.6 is 11.3 Å². The highest BCUT2D eigenvalue weighted by Gasteiger charge is 2.16. The van der Waals surface area contributed by atoms with Crippen LogP contribution in [-0.2, 0) is 9.59 Å². The number of amides is 2. The third-order valence-electron chi connectivity index (χ3n) is 4.01. The Balaban J connectivity index is 1.67. The number of carbonyl (C=O) groups is 2. The summed E-state index contributed by atoms with van der Waals surface area (Å²) in [7, 11) is 0. The summed E-state index contributed by atoms with van der Waals surface area (Å²) in [4.78, 5) is 24.1. The van der Waals surface area contributed by atoms with E-state index < -0.39 is 5.91 Å². The fourth-order valence-corrected chi connectivity index (χ4v) is 3.42. The van der Waals surface area contributed by atoms with Crippen LogP contribution in [0.4, 0.5) is 4.39 Å². The Morgan fingerprint density at radius 3 is 2.45 bits per heavy atom. The van der Waals surface area contributed by atoms with Crippen molar-refractivity contribution in [3.8, 4) is 5.75 Å². The number of thiophene rings is 1. The molecule has 5 nitrogen and oxygen atoms in total. The van der Waals surface area contributed by atoms with Gasteiger partial charge in [-0.15, -0.1) is 11.3 Å². The second-order valence-corrected chi connectivity index (χ2v) is 7.15. The summed E-state index contributed by atoms with van der Waals surface area (Å²) < 4.78 is 18.4. The van der Waals surface area contributed by atoms with Crippen LogP contribution in [0.25, 0.3) is 6.08 Å². The fraction of sp³-hybridized carbons (Fsp3) is 0.0909. The molecule has 1 aromatic heterocycles. The molecule has 0 saturated heterocycles. The molecular weight excluding hydrogens is 391 g/mol. The Kier molecular flexibility index (Phi) is 6.76. The number of hydrogen-bond acceptors (Lipinski definition) is 4. The maximum absolute atomic E-state index is 13.3. The molecule has 0 spiro atoms. The first-order valence-electron chi connectivity index (χ1n) is 8.80. The molecule has 3 aromatic rings. The third-order valence-corrected chi connectivity index (χ3v) is 4.94. The first-order chi connectivity index (χ1) is 14.0. The molecule has 29 heavy (non-hydrogen) atoms. The molecule has 1 unspecified atom stereocenters. The van der Waals surface area contributed by atoms with Crippen molar-refractivity contribution in [3.63, 3.8) is 0 Å². The van der Waals surface area contributed by atoms with Crippen molar-refractivity contribution in [3.05, 3.63) is 93.9 Å². The number of benzene rings is 2. The van der Waals surface area contributed by atoms with Crippen LogP contribution in [0.1, 0.15) is 22.0 Å². The first kappa shape index (κ1) is 20.3. The van der Waals surface area contributed by atoms with Gasteiger partial charge in [0.05, 0.1) is 6.04 Å². The zero-order valence-corrected chi connectivity index (χ0v) is 16.2. The van der Waals surface area contributed by atoms with E-state index in [4.69, 9.17) is 10.5 Å². The lowest BCUT2D eigenvalue weighted by Gasteiger charge is -2.17. The molecule has 0 aliphatic heterocycles. The lowest BCUT2D eigenvalue weighted by atomic mass is 10.1. The van der Waals surface area contributed by atoms with Gasteiger partial charge in [0.1, 0.15) is 11.6 Å². The number of nitrogens with two attached hydrogens (primary N) is 1. The van der Waals surface area contributed by atoms with Gasteiger partial charge in [0, 0.05) is 11.0 Å². The minimum atomic E-state index is -0.549. The van der Waals surface area contributed by atoms with E-state index in [0.29, 0.717) is 5.75 Å². The Bertz CT molecular complexity index is 984. The lowest BCUT2D eigenvalue weighted by Crippen LogP contribution is -2.27. The molecule has 1 heterocycles. The van der Waals surface area contributed by atoms with Crippen molar-refractivity contribution in [2.45, 2.75) is 6.04 Å². The van der Waals surface area contributed by atoms with Gasteiger partial charge in [-0.3, -0.25) is 9.59 Å². The summed E-state index contributed by atoms with van der Waals surface area (Å²) in [5.41, 5.74) is 6.63. The van der Waals surface area contributed by atoms with Crippen molar-refractivity contribution >= 4 is 29.2 Å². The predicted octanol–water partition coefficient (Wildman–Crippen LogP) is 3.67. The van der Waals surface area contributed by atoms with Crippen molar-refractivity contribution < 1.29 is 18.7 Å². The van der Waals surface area contributed by atoms with Gasteiger partial charge in [0.2, 0.25) is 5.91 Å². The zero-order valence-electron chi connectivity index (χ0n) is 15.4. The van der Waals surface area contributed by atoms with E-state index in [0.717, 1.165) is 16.0 Å². The molecule has 0 fully saturated rings. The molecule has 7 heteroatoms. The summed E-state index contributed by atoms with van der Waals surface area (Å²) in [5, 5.41) is 4.88. The Morgan fingerprint density at radius 1 is 1.10 bits per heavy atom. The molecule has 0 bridgehead atoms. The Labute approximate surface area is 171 Å². The van der Waals surface area contributed by atoms with Crippen molar-refractivity contribution in [1.82, 2.24) is 5.32 Å². The summed E-state index contributed by atoms with van der Waals surface area (Å²) in [5.74, 6) is -0.637. The molecular formula is C22H19FN2O3S. The van der Waals surface area contributed by atoms with E-state index in [-0.39, 0.29) is 24.4 Å². The highest BCUT2D eigenvalue weighted by atomic mass is 32.1. The Hall–Kier alpha value is -3.45. The van der Waals surface area contributed by atoms with Crippen LogP contribution in [0.5, 0.6) is 5.75 Å². The smallest absolute Gasteiger partial charge is 0.255 e. The summed E-state index contributed by atoms with van der Waals surface area (Å²) in [6.07, 6.45) is 3.10. The minimum absolute atomic E-state index is 0.189. The van der Waals surface area contributed by atoms with E-state index in [1.54, 1.807) is 42.5 Å². The highest BCUT2D eigenvalue weighted by molar-refractivity contribution is 7.10. The number of primary amides is 1. The van der Waals surface area contributed by atoms with E-state index in [1.807, 2.05) is 17.5 Å². The molecule has 148 valence electrons. The number of halogens is 1. The normalized spacial score (nSPS) is 11.9. The van der Waals surface area contributed by atoms with Crippen LogP contribution in [-0.4, -0.2) is 18.4 Å². The lowest BCUT2D eigenvalue weighted by molar-refractivity contribution is -0.120. The highest BCUT2D eigenvalue weighted by Crippen LogP contribution is 2.26. The SMILES string of the molecule is NC(=O)COc1ccc(/C=C/C(=O)NC(c2ccc(F)cc2)c2cccs2)cc1. The van der Waals surface area contributed by atoms with E-state index >= 15 is 0 Å². The number of nitrogens with one attached hydrogen (secondary N) is 1. The second kappa shape index (κ2) is 9.66. The summed E-state index contributed by atoms with van der Waals surface area (Å²) >= 11 is 1.52. The number of carbonyl (C=O) groups excluding carboxylic acids is 2. The molecule has 2 amide bonds. The van der Waals surface area contributed by atoms with Crippen LogP contribution in [0.2, 0.25) is 0 Å². The van der Waals surface area contributed by atoms with Gasteiger partial charge in [-0.05, 0) is 52.9 Å². The fourth-order valence-electron chi connectivity index (χ4n) is 2.62. The van der Waals surface area contributed by atoms with Crippen LogP contribution in [0.3, 0.4) is 0 Å². The molecule has 2 aromatic carbocycles. The maximum Gasteiger partial charge on any atom is 0.255 e. The van der Waals surface area contributed by atoms with Gasteiger partial charge in [0.25, 0.3) is 5.91 Å².